The molecule has 2 aromatic rings. The van der Waals surface area contributed by atoms with Gasteiger partial charge in [0.2, 0.25) is 0 Å². The van der Waals surface area contributed by atoms with Crippen LogP contribution in [-0.4, -0.2) is 40.7 Å². The zero-order chi connectivity index (χ0) is 20.4. The van der Waals surface area contributed by atoms with Crippen LogP contribution in [0.1, 0.15) is 24.0 Å². The van der Waals surface area contributed by atoms with Crippen LogP contribution in [0, 0.1) is 0 Å². The second-order valence-electron chi connectivity index (χ2n) is 6.28. The average Bonchev–Trinajstić information content (AvgIpc) is 2.70. The first-order valence-electron chi connectivity index (χ1n) is 8.93. The van der Waals surface area contributed by atoms with Crippen LogP contribution in [-0.2, 0) is 31.9 Å². The Kier molecular flexibility index (Phi) is 8.62. The van der Waals surface area contributed by atoms with Gasteiger partial charge in [0.15, 0.2) is 0 Å². The molecule has 0 heterocycles. The number of benzene rings is 2. The molecule has 2 N–H and O–H groups in total. The second kappa shape index (κ2) is 11.2. The third-order valence-corrected chi connectivity index (χ3v) is 4.35. The number of ether oxygens (including phenoxy) is 2. The third kappa shape index (κ3) is 7.88. The van der Waals surface area contributed by atoms with E-state index in [0.717, 1.165) is 11.1 Å². The highest BCUT2D eigenvalue weighted by Gasteiger charge is 2.16. The normalized spacial score (nSPS) is 11.6. The van der Waals surface area contributed by atoms with Gasteiger partial charge in [0, 0.05) is 12.8 Å². The smallest absolute Gasteiger partial charge is 0.306 e. The van der Waals surface area contributed by atoms with Crippen LogP contribution >= 0.6 is 11.6 Å². The number of aryl methyl sites for hydroxylation is 2. The molecule has 0 aliphatic rings. The van der Waals surface area contributed by atoms with Gasteiger partial charge in [-0.1, -0.05) is 24.3 Å². The van der Waals surface area contributed by atoms with Crippen molar-refractivity contribution in [2.24, 2.45) is 0 Å². The zero-order valence-electron chi connectivity index (χ0n) is 15.3. The number of phenols is 2. The van der Waals surface area contributed by atoms with Crippen molar-refractivity contribution in [3.8, 4) is 11.5 Å². The molecular formula is C21H23ClO6. The summed E-state index contributed by atoms with van der Waals surface area (Å²) >= 11 is 5.80. The topological polar surface area (TPSA) is 93.1 Å². The molecule has 0 aliphatic carbocycles. The summed E-state index contributed by atoms with van der Waals surface area (Å²) in [4.78, 5) is 23.8. The molecule has 28 heavy (non-hydrogen) atoms. The molecule has 150 valence electrons. The number of esters is 2. The van der Waals surface area contributed by atoms with Crippen molar-refractivity contribution in [2.75, 3.05) is 12.5 Å². The minimum absolute atomic E-state index is 0.0240. The Labute approximate surface area is 168 Å². The maximum absolute atomic E-state index is 11.9. The molecule has 1 atom stereocenters. The molecule has 2 rings (SSSR count). The van der Waals surface area contributed by atoms with Gasteiger partial charge in [0.05, 0.1) is 5.88 Å². The highest BCUT2D eigenvalue weighted by atomic mass is 35.5. The molecule has 0 bridgehead atoms. The zero-order valence-corrected chi connectivity index (χ0v) is 16.1. The number of hydrogen-bond acceptors (Lipinski definition) is 6. The fourth-order valence-electron chi connectivity index (χ4n) is 2.43. The van der Waals surface area contributed by atoms with E-state index in [1.807, 2.05) is 0 Å². The van der Waals surface area contributed by atoms with Crippen molar-refractivity contribution in [3.05, 3.63) is 59.7 Å². The van der Waals surface area contributed by atoms with Crippen LogP contribution < -0.4 is 0 Å². The number of carbonyl (C=O) groups is 2. The maximum Gasteiger partial charge on any atom is 0.306 e. The van der Waals surface area contributed by atoms with Crippen LogP contribution in [0.5, 0.6) is 11.5 Å². The number of halogens is 1. The van der Waals surface area contributed by atoms with Crippen molar-refractivity contribution in [3.63, 3.8) is 0 Å². The number of rotatable bonds is 10. The standard InChI is InChI=1S/C21H23ClO6/c22-13-19(28-21(26)12-6-16-3-9-18(24)10-4-16)14-27-20(25)11-5-15-1-7-17(23)8-2-15/h1-4,7-10,19,23-24H,5-6,11-14H2. The summed E-state index contributed by atoms with van der Waals surface area (Å²) in [5.41, 5.74) is 1.81. The van der Waals surface area contributed by atoms with Crippen LogP contribution in [0.3, 0.4) is 0 Å². The number of aromatic hydroxyl groups is 2. The van der Waals surface area contributed by atoms with E-state index in [4.69, 9.17) is 21.1 Å². The van der Waals surface area contributed by atoms with Gasteiger partial charge in [-0.3, -0.25) is 9.59 Å². The van der Waals surface area contributed by atoms with Gasteiger partial charge in [0.1, 0.15) is 24.2 Å². The minimum Gasteiger partial charge on any atom is -0.508 e. The van der Waals surface area contributed by atoms with Crippen LogP contribution in [0.4, 0.5) is 0 Å². The SMILES string of the molecule is O=C(CCc1ccc(O)cc1)OCC(CCl)OC(=O)CCc1ccc(O)cc1. The first kappa shape index (κ1) is 21.6. The van der Waals surface area contributed by atoms with E-state index in [1.54, 1.807) is 48.5 Å². The molecule has 2 aromatic carbocycles. The number of alkyl halides is 1. The summed E-state index contributed by atoms with van der Waals surface area (Å²) in [6.45, 7) is -0.0944. The van der Waals surface area contributed by atoms with E-state index < -0.39 is 18.0 Å². The van der Waals surface area contributed by atoms with Crippen molar-refractivity contribution >= 4 is 23.5 Å². The molecule has 7 heteroatoms. The molecule has 6 nitrogen and oxygen atoms in total. The summed E-state index contributed by atoms with van der Waals surface area (Å²) in [6, 6.07) is 13.2. The van der Waals surface area contributed by atoms with E-state index in [9.17, 15) is 19.8 Å². The van der Waals surface area contributed by atoms with E-state index in [-0.39, 0.29) is 36.8 Å². The Hall–Kier alpha value is -2.73. The summed E-state index contributed by atoms with van der Waals surface area (Å²) in [5, 5.41) is 18.5. The minimum atomic E-state index is -0.702. The molecule has 0 aromatic heterocycles. The van der Waals surface area contributed by atoms with Gasteiger partial charge in [-0.25, -0.2) is 0 Å². The summed E-state index contributed by atoms with van der Waals surface area (Å²) in [5.74, 6) is -0.484. The first-order valence-corrected chi connectivity index (χ1v) is 9.46. The third-order valence-electron chi connectivity index (χ3n) is 4.01. The van der Waals surface area contributed by atoms with Crippen molar-refractivity contribution in [2.45, 2.75) is 31.8 Å². The first-order chi connectivity index (χ1) is 13.5. The molecule has 0 radical (unpaired) electrons. The van der Waals surface area contributed by atoms with Crippen molar-refractivity contribution in [1.29, 1.82) is 0 Å². The van der Waals surface area contributed by atoms with Gasteiger partial charge in [-0.2, -0.15) is 0 Å². The molecule has 1 unspecified atom stereocenters. The number of phenolic OH excluding ortho intramolecular Hbond substituents is 2. The van der Waals surface area contributed by atoms with Gasteiger partial charge < -0.3 is 19.7 Å². The van der Waals surface area contributed by atoms with Crippen LogP contribution in [0.2, 0.25) is 0 Å². The van der Waals surface area contributed by atoms with Gasteiger partial charge in [-0.15, -0.1) is 11.6 Å². The quantitative estimate of drug-likeness (QED) is 0.464. The molecule has 0 saturated carbocycles. The average molecular weight is 407 g/mol. The maximum atomic E-state index is 11.9. The molecule has 0 spiro atoms. The fraction of sp³-hybridized carbons (Fsp3) is 0.333. The van der Waals surface area contributed by atoms with E-state index >= 15 is 0 Å². The summed E-state index contributed by atoms with van der Waals surface area (Å²) < 4.78 is 10.4. The lowest BCUT2D eigenvalue weighted by molar-refractivity contribution is -0.157. The van der Waals surface area contributed by atoms with Gasteiger partial charge in [0.25, 0.3) is 0 Å². The lowest BCUT2D eigenvalue weighted by atomic mass is 10.1. The molecular weight excluding hydrogens is 384 g/mol. The Morgan fingerprint density at radius 2 is 1.29 bits per heavy atom. The number of hydrogen-bond donors (Lipinski definition) is 2. The number of carbonyl (C=O) groups excluding carboxylic acids is 2. The lowest BCUT2D eigenvalue weighted by Crippen LogP contribution is -2.27. The highest BCUT2D eigenvalue weighted by Crippen LogP contribution is 2.13. The monoisotopic (exact) mass is 406 g/mol. The van der Waals surface area contributed by atoms with Crippen molar-refractivity contribution in [1.82, 2.24) is 0 Å². The Morgan fingerprint density at radius 3 is 1.75 bits per heavy atom. The molecule has 0 fully saturated rings. The summed E-state index contributed by atoms with van der Waals surface area (Å²) in [6.07, 6.45) is 0.589. The summed E-state index contributed by atoms with van der Waals surface area (Å²) in [7, 11) is 0. The van der Waals surface area contributed by atoms with Gasteiger partial charge in [-0.05, 0) is 48.2 Å². The van der Waals surface area contributed by atoms with E-state index in [0.29, 0.717) is 12.8 Å². The predicted octanol–water partition coefficient (Wildman–Crippen LogP) is 3.36. The van der Waals surface area contributed by atoms with E-state index in [2.05, 4.69) is 0 Å². The van der Waals surface area contributed by atoms with E-state index in [1.165, 1.54) is 0 Å². The molecule has 0 aliphatic heterocycles. The van der Waals surface area contributed by atoms with Crippen LogP contribution in [0.25, 0.3) is 0 Å². The Balaban J connectivity index is 1.67. The molecule has 0 amide bonds. The Bertz CT molecular complexity index is 757. The fourth-order valence-corrected chi connectivity index (χ4v) is 2.58. The van der Waals surface area contributed by atoms with Gasteiger partial charge >= 0.3 is 11.9 Å². The lowest BCUT2D eigenvalue weighted by Gasteiger charge is -2.15. The molecule has 0 saturated heterocycles. The predicted molar refractivity (Wildman–Crippen MR) is 104 cm³/mol. The van der Waals surface area contributed by atoms with Crippen molar-refractivity contribution < 1.29 is 29.3 Å². The second-order valence-corrected chi connectivity index (χ2v) is 6.59. The Morgan fingerprint density at radius 1 is 0.821 bits per heavy atom. The van der Waals surface area contributed by atoms with Crippen LogP contribution in [0.15, 0.2) is 48.5 Å². The largest absolute Gasteiger partial charge is 0.508 e. The highest BCUT2D eigenvalue weighted by molar-refractivity contribution is 6.18.